The summed E-state index contributed by atoms with van der Waals surface area (Å²) in [6.07, 6.45) is 1.23. The van der Waals surface area contributed by atoms with Crippen LogP contribution in [0.15, 0.2) is 48.5 Å². The van der Waals surface area contributed by atoms with Gasteiger partial charge in [-0.1, -0.05) is 24.3 Å². The molecule has 2 aromatic rings. The number of nitrogens with one attached hydrogen (secondary N) is 2. The van der Waals surface area contributed by atoms with E-state index in [9.17, 15) is 14.0 Å². The third kappa shape index (κ3) is 3.77. The van der Waals surface area contributed by atoms with Gasteiger partial charge in [-0.05, 0) is 37.1 Å². The van der Waals surface area contributed by atoms with Gasteiger partial charge in [0.2, 0.25) is 5.91 Å². The topological polar surface area (TPSA) is 70.7 Å². The fourth-order valence-corrected chi connectivity index (χ4v) is 3.00. The summed E-state index contributed by atoms with van der Waals surface area (Å²) >= 11 is 0. The Morgan fingerprint density at radius 1 is 1.08 bits per heavy atom. The van der Waals surface area contributed by atoms with E-state index < -0.39 is 17.8 Å². The molecule has 0 unspecified atom stereocenters. The van der Waals surface area contributed by atoms with Crippen LogP contribution in [0.3, 0.4) is 0 Å². The van der Waals surface area contributed by atoms with E-state index in [0.717, 1.165) is 0 Å². The van der Waals surface area contributed by atoms with Crippen molar-refractivity contribution in [2.75, 3.05) is 24.3 Å². The fraction of sp³-hybridized carbons (Fsp3) is 0.263. The number of carbonyl (C=O) groups excluding carboxylic acids is 2. The minimum Gasteiger partial charge on any atom is -0.495 e. The molecule has 6 nitrogen and oxygen atoms in total. The summed E-state index contributed by atoms with van der Waals surface area (Å²) in [5.41, 5.74) is 0.634. The minimum absolute atomic E-state index is 0.106. The van der Waals surface area contributed by atoms with Crippen molar-refractivity contribution in [2.24, 2.45) is 0 Å². The van der Waals surface area contributed by atoms with Crippen molar-refractivity contribution in [3.05, 3.63) is 54.3 Å². The molecule has 0 aromatic heterocycles. The highest BCUT2D eigenvalue weighted by Crippen LogP contribution is 2.26. The first kappa shape index (κ1) is 17.7. The Labute approximate surface area is 150 Å². The molecule has 136 valence electrons. The Morgan fingerprint density at radius 2 is 1.77 bits per heavy atom. The molecule has 7 heteroatoms. The zero-order valence-electron chi connectivity index (χ0n) is 14.4. The second-order valence-corrected chi connectivity index (χ2v) is 5.95. The van der Waals surface area contributed by atoms with Crippen LogP contribution >= 0.6 is 0 Å². The van der Waals surface area contributed by atoms with Gasteiger partial charge in [0.05, 0.1) is 18.5 Å². The maximum absolute atomic E-state index is 13.7. The van der Waals surface area contributed by atoms with Crippen molar-refractivity contribution in [3.63, 3.8) is 0 Å². The molecule has 1 saturated heterocycles. The van der Waals surface area contributed by atoms with E-state index in [1.54, 1.807) is 36.4 Å². The van der Waals surface area contributed by atoms with Gasteiger partial charge in [-0.15, -0.1) is 0 Å². The first-order chi connectivity index (χ1) is 12.6. The number of amides is 3. The summed E-state index contributed by atoms with van der Waals surface area (Å²) in [7, 11) is 1.52. The predicted octanol–water partition coefficient (Wildman–Crippen LogP) is 3.47. The molecule has 2 aromatic carbocycles. The molecule has 3 rings (SSSR count). The summed E-state index contributed by atoms with van der Waals surface area (Å²) in [6, 6.07) is 12.0. The molecule has 0 saturated carbocycles. The normalized spacial score (nSPS) is 16.2. The van der Waals surface area contributed by atoms with E-state index in [0.29, 0.717) is 30.8 Å². The maximum atomic E-state index is 13.7. The zero-order valence-corrected chi connectivity index (χ0v) is 14.4. The number of benzene rings is 2. The third-order valence-corrected chi connectivity index (χ3v) is 4.30. The molecule has 26 heavy (non-hydrogen) atoms. The molecular formula is C19H20FN3O3. The van der Waals surface area contributed by atoms with Crippen molar-refractivity contribution in [1.82, 2.24) is 4.90 Å². The predicted molar refractivity (Wildman–Crippen MR) is 96.8 cm³/mol. The van der Waals surface area contributed by atoms with E-state index in [1.807, 2.05) is 0 Å². The average molecular weight is 357 g/mol. The Hall–Kier alpha value is -3.09. The number of hydrogen-bond acceptors (Lipinski definition) is 3. The number of hydrogen-bond donors (Lipinski definition) is 2. The Kier molecular flexibility index (Phi) is 5.36. The van der Waals surface area contributed by atoms with Crippen LogP contribution in [0.2, 0.25) is 0 Å². The highest BCUT2D eigenvalue weighted by atomic mass is 19.1. The second-order valence-electron chi connectivity index (χ2n) is 5.95. The highest BCUT2D eigenvalue weighted by molar-refractivity contribution is 6.00. The van der Waals surface area contributed by atoms with Crippen LogP contribution < -0.4 is 15.4 Å². The van der Waals surface area contributed by atoms with Crippen LogP contribution in [0.25, 0.3) is 0 Å². The monoisotopic (exact) mass is 357 g/mol. The lowest BCUT2D eigenvalue weighted by Gasteiger charge is -2.24. The average Bonchev–Trinajstić information content (AvgIpc) is 3.14. The number of halogens is 1. The summed E-state index contributed by atoms with van der Waals surface area (Å²) in [6.45, 7) is 0.455. The molecule has 0 radical (unpaired) electrons. The summed E-state index contributed by atoms with van der Waals surface area (Å²) in [4.78, 5) is 26.6. The molecule has 0 aliphatic carbocycles. The lowest BCUT2D eigenvalue weighted by atomic mass is 10.2. The smallest absolute Gasteiger partial charge is 0.322 e. The largest absolute Gasteiger partial charge is 0.495 e. The number of likely N-dealkylation sites (tertiary alicyclic amines) is 1. The molecule has 1 aliphatic heterocycles. The molecular weight excluding hydrogens is 337 g/mol. The van der Waals surface area contributed by atoms with Gasteiger partial charge in [-0.25, -0.2) is 9.18 Å². The number of para-hydroxylation sites is 3. The number of rotatable bonds is 4. The van der Waals surface area contributed by atoms with Gasteiger partial charge in [0.25, 0.3) is 0 Å². The lowest BCUT2D eigenvalue weighted by molar-refractivity contribution is -0.119. The number of methoxy groups -OCH3 is 1. The molecule has 1 atom stereocenters. The van der Waals surface area contributed by atoms with E-state index in [-0.39, 0.29) is 11.7 Å². The molecule has 1 fully saturated rings. The third-order valence-electron chi connectivity index (χ3n) is 4.30. The van der Waals surface area contributed by atoms with E-state index in [2.05, 4.69) is 10.6 Å². The second kappa shape index (κ2) is 7.86. The molecule has 2 N–H and O–H groups in total. The van der Waals surface area contributed by atoms with E-state index >= 15 is 0 Å². The lowest BCUT2D eigenvalue weighted by Crippen LogP contribution is -2.45. The van der Waals surface area contributed by atoms with Crippen molar-refractivity contribution in [3.8, 4) is 5.75 Å². The van der Waals surface area contributed by atoms with Gasteiger partial charge >= 0.3 is 6.03 Å². The van der Waals surface area contributed by atoms with Crippen molar-refractivity contribution in [2.45, 2.75) is 18.9 Å². The van der Waals surface area contributed by atoms with Gasteiger partial charge in [0.1, 0.15) is 17.6 Å². The first-order valence-electron chi connectivity index (χ1n) is 8.36. The van der Waals surface area contributed by atoms with Crippen LogP contribution in [0.4, 0.5) is 20.6 Å². The number of ether oxygens (including phenoxy) is 1. The zero-order chi connectivity index (χ0) is 18.5. The van der Waals surface area contributed by atoms with E-state index in [4.69, 9.17) is 4.74 Å². The van der Waals surface area contributed by atoms with Gasteiger partial charge in [-0.2, -0.15) is 0 Å². The van der Waals surface area contributed by atoms with Gasteiger partial charge < -0.3 is 20.3 Å². The minimum atomic E-state index is -0.649. The van der Waals surface area contributed by atoms with Gasteiger partial charge in [0, 0.05) is 6.54 Å². The maximum Gasteiger partial charge on any atom is 0.322 e. The van der Waals surface area contributed by atoms with Crippen molar-refractivity contribution >= 4 is 23.3 Å². The van der Waals surface area contributed by atoms with Crippen LogP contribution in [0.1, 0.15) is 12.8 Å². The number of urea groups is 1. The Morgan fingerprint density at radius 3 is 2.50 bits per heavy atom. The Balaban J connectivity index is 1.70. The standard InChI is InChI=1S/C19H20FN3O3/c1-26-17-11-5-4-9-15(17)22-19(25)23-12-6-10-16(23)18(24)21-14-8-3-2-7-13(14)20/h2-5,7-9,11,16H,6,10,12H2,1H3,(H,21,24)(H,22,25)/t16-/m0/s1. The van der Waals surface area contributed by atoms with Crippen LogP contribution in [0, 0.1) is 5.82 Å². The van der Waals surface area contributed by atoms with Crippen molar-refractivity contribution in [1.29, 1.82) is 0 Å². The number of carbonyl (C=O) groups is 2. The molecule has 0 bridgehead atoms. The molecule has 1 heterocycles. The van der Waals surface area contributed by atoms with Gasteiger partial charge in [0.15, 0.2) is 0 Å². The van der Waals surface area contributed by atoms with Crippen LogP contribution in [-0.2, 0) is 4.79 Å². The molecule has 1 aliphatic rings. The fourth-order valence-electron chi connectivity index (χ4n) is 3.00. The quantitative estimate of drug-likeness (QED) is 0.880. The Bertz CT molecular complexity index is 812. The highest BCUT2D eigenvalue weighted by Gasteiger charge is 2.34. The number of anilines is 2. The first-order valence-corrected chi connectivity index (χ1v) is 8.36. The van der Waals surface area contributed by atoms with Crippen LogP contribution in [0.5, 0.6) is 5.75 Å². The van der Waals surface area contributed by atoms with Crippen LogP contribution in [-0.4, -0.2) is 36.5 Å². The van der Waals surface area contributed by atoms with Crippen molar-refractivity contribution < 1.29 is 18.7 Å². The summed E-state index contributed by atoms with van der Waals surface area (Å²) < 4.78 is 19.0. The molecule has 0 spiro atoms. The summed E-state index contributed by atoms with van der Waals surface area (Å²) in [5, 5.41) is 5.33. The summed E-state index contributed by atoms with van der Waals surface area (Å²) in [5.74, 6) is -0.376. The van der Waals surface area contributed by atoms with Gasteiger partial charge in [-0.3, -0.25) is 4.79 Å². The number of nitrogens with zero attached hydrogens (tertiary/aromatic N) is 1. The SMILES string of the molecule is COc1ccccc1NC(=O)N1CCC[C@H]1C(=O)Nc1ccccc1F. The molecule has 3 amide bonds. The van der Waals surface area contributed by atoms with E-state index in [1.165, 1.54) is 24.1 Å².